The lowest BCUT2D eigenvalue weighted by molar-refractivity contribution is -0.135. The number of aryl methyl sites for hydroxylation is 3. The van der Waals surface area contributed by atoms with Crippen LogP contribution >= 0.6 is 0 Å². The van der Waals surface area contributed by atoms with Crippen LogP contribution in [-0.4, -0.2) is 32.3 Å². The molecule has 6 nitrogen and oxygen atoms in total. The van der Waals surface area contributed by atoms with Gasteiger partial charge in [-0.3, -0.25) is 9.48 Å². The van der Waals surface area contributed by atoms with Crippen LogP contribution in [0, 0.1) is 20.8 Å². The van der Waals surface area contributed by atoms with Crippen LogP contribution in [-0.2, 0) is 4.79 Å². The zero-order chi connectivity index (χ0) is 15.9. The normalized spacial score (nSPS) is 19.6. The molecule has 0 radical (unpaired) electrons. The minimum atomic E-state index is -0.303. The van der Waals surface area contributed by atoms with Gasteiger partial charge in [0.15, 0.2) is 0 Å². The summed E-state index contributed by atoms with van der Waals surface area (Å²) in [4.78, 5) is 14.8. The van der Waals surface area contributed by atoms with Gasteiger partial charge in [0.25, 0.3) is 0 Å². The van der Waals surface area contributed by atoms with Crippen molar-refractivity contribution in [2.75, 3.05) is 6.54 Å². The fraction of sp³-hybridized carbons (Fsp3) is 0.562. The molecule has 3 heterocycles. The van der Waals surface area contributed by atoms with Crippen LogP contribution in [0.25, 0.3) is 0 Å². The molecule has 1 aliphatic heterocycles. The highest BCUT2D eigenvalue weighted by Gasteiger charge is 2.35. The molecule has 0 N–H and O–H groups in total. The number of carbonyl (C=O) groups excluding carboxylic acids is 1. The van der Waals surface area contributed by atoms with Gasteiger partial charge in [0.05, 0.1) is 11.7 Å². The SMILES string of the molecule is Cc1cc(C)n([C@H](C)C(=O)N2CCC[C@H]2c2cc(C)on2)n1. The smallest absolute Gasteiger partial charge is 0.247 e. The van der Waals surface area contributed by atoms with E-state index in [9.17, 15) is 4.79 Å². The van der Waals surface area contributed by atoms with E-state index in [0.717, 1.165) is 42.2 Å². The minimum absolute atomic E-state index is 0.0179. The van der Waals surface area contributed by atoms with Crippen molar-refractivity contribution in [3.05, 3.63) is 35.0 Å². The van der Waals surface area contributed by atoms with Crippen LogP contribution in [0.15, 0.2) is 16.7 Å². The fourth-order valence-electron chi connectivity index (χ4n) is 3.26. The molecule has 118 valence electrons. The highest BCUT2D eigenvalue weighted by molar-refractivity contribution is 5.80. The third-order valence-corrected chi connectivity index (χ3v) is 4.29. The van der Waals surface area contributed by atoms with Crippen molar-refractivity contribution < 1.29 is 9.32 Å². The van der Waals surface area contributed by atoms with Crippen LogP contribution in [0.1, 0.15) is 54.7 Å². The largest absolute Gasteiger partial charge is 0.361 e. The van der Waals surface area contributed by atoms with E-state index in [1.54, 1.807) is 4.68 Å². The maximum absolute atomic E-state index is 12.9. The number of amides is 1. The monoisotopic (exact) mass is 302 g/mol. The van der Waals surface area contributed by atoms with E-state index in [0.29, 0.717) is 0 Å². The first-order valence-electron chi connectivity index (χ1n) is 7.74. The van der Waals surface area contributed by atoms with Gasteiger partial charge < -0.3 is 9.42 Å². The van der Waals surface area contributed by atoms with Crippen LogP contribution in [0.2, 0.25) is 0 Å². The number of rotatable bonds is 3. The van der Waals surface area contributed by atoms with Gasteiger partial charge in [0, 0.05) is 18.3 Å². The van der Waals surface area contributed by atoms with Crippen molar-refractivity contribution in [3.63, 3.8) is 0 Å². The zero-order valence-corrected chi connectivity index (χ0v) is 13.5. The third-order valence-electron chi connectivity index (χ3n) is 4.29. The summed E-state index contributed by atoms with van der Waals surface area (Å²) in [6.45, 7) is 8.46. The summed E-state index contributed by atoms with van der Waals surface area (Å²) in [6.07, 6.45) is 1.92. The summed E-state index contributed by atoms with van der Waals surface area (Å²) >= 11 is 0. The highest BCUT2D eigenvalue weighted by Crippen LogP contribution is 2.33. The van der Waals surface area contributed by atoms with Crippen LogP contribution < -0.4 is 0 Å². The van der Waals surface area contributed by atoms with E-state index in [-0.39, 0.29) is 18.0 Å². The number of likely N-dealkylation sites (tertiary alicyclic amines) is 1. The van der Waals surface area contributed by atoms with Gasteiger partial charge >= 0.3 is 0 Å². The molecule has 6 heteroatoms. The lowest BCUT2D eigenvalue weighted by Gasteiger charge is -2.26. The summed E-state index contributed by atoms with van der Waals surface area (Å²) in [7, 11) is 0. The molecule has 1 amide bonds. The third kappa shape index (κ3) is 2.53. The van der Waals surface area contributed by atoms with Gasteiger partial charge in [-0.15, -0.1) is 0 Å². The van der Waals surface area contributed by atoms with E-state index in [4.69, 9.17) is 4.52 Å². The van der Waals surface area contributed by atoms with Crippen molar-refractivity contribution >= 4 is 5.91 Å². The average molecular weight is 302 g/mol. The van der Waals surface area contributed by atoms with E-state index in [1.807, 2.05) is 44.7 Å². The van der Waals surface area contributed by atoms with Crippen molar-refractivity contribution in [1.82, 2.24) is 19.8 Å². The van der Waals surface area contributed by atoms with Crippen molar-refractivity contribution in [3.8, 4) is 0 Å². The molecule has 0 bridgehead atoms. The van der Waals surface area contributed by atoms with E-state index in [1.165, 1.54) is 0 Å². The molecule has 1 fully saturated rings. The lowest BCUT2D eigenvalue weighted by atomic mass is 10.1. The Bertz CT molecular complexity index is 688. The minimum Gasteiger partial charge on any atom is -0.361 e. The first-order valence-corrected chi connectivity index (χ1v) is 7.74. The Morgan fingerprint density at radius 3 is 2.73 bits per heavy atom. The molecule has 0 unspecified atom stereocenters. The quantitative estimate of drug-likeness (QED) is 0.874. The van der Waals surface area contributed by atoms with E-state index >= 15 is 0 Å². The van der Waals surface area contributed by atoms with Crippen molar-refractivity contribution in [2.24, 2.45) is 0 Å². The Kier molecular flexibility index (Phi) is 3.76. The van der Waals surface area contributed by atoms with Crippen molar-refractivity contribution in [1.29, 1.82) is 0 Å². The molecule has 22 heavy (non-hydrogen) atoms. The molecule has 2 aromatic heterocycles. The fourth-order valence-corrected chi connectivity index (χ4v) is 3.26. The Morgan fingerprint density at radius 1 is 1.36 bits per heavy atom. The number of hydrogen-bond acceptors (Lipinski definition) is 4. The Balaban J connectivity index is 1.83. The van der Waals surface area contributed by atoms with Gasteiger partial charge in [-0.2, -0.15) is 5.10 Å². The summed E-state index contributed by atoms with van der Waals surface area (Å²) < 4.78 is 6.97. The zero-order valence-electron chi connectivity index (χ0n) is 13.5. The maximum atomic E-state index is 12.9. The molecule has 0 aromatic carbocycles. The molecular weight excluding hydrogens is 280 g/mol. The summed E-state index contributed by atoms with van der Waals surface area (Å²) in [5.74, 6) is 0.871. The molecule has 1 saturated heterocycles. The number of nitrogens with zero attached hydrogens (tertiary/aromatic N) is 4. The average Bonchev–Trinajstić information content (AvgIpc) is 3.17. The topological polar surface area (TPSA) is 64.2 Å². The van der Waals surface area contributed by atoms with Crippen LogP contribution in [0.4, 0.5) is 0 Å². The number of carbonyl (C=O) groups is 1. The summed E-state index contributed by atoms with van der Waals surface area (Å²) in [5.41, 5.74) is 2.79. The standard InChI is InChI=1S/C16H22N4O2/c1-10-8-11(2)20(17-10)13(4)16(21)19-7-5-6-15(19)14-9-12(3)22-18-14/h8-9,13,15H,5-7H2,1-4H3/t13-,15+/m1/s1. The Hall–Kier alpha value is -2.11. The molecule has 2 aromatic rings. The maximum Gasteiger partial charge on any atom is 0.247 e. The summed E-state index contributed by atoms with van der Waals surface area (Å²) in [5, 5.41) is 8.53. The second-order valence-electron chi connectivity index (χ2n) is 6.10. The number of aromatic nitrogens is 3. The molecule has 1 aliphatic rings. The molecule has 2 atom stereocenters. The van der Waals surface area contributed by atoms with Crippen molar-refractivity contribution in [2.45, 2.75) is 52.6 Å². The molecule has 3 rings (SSSR count). The van der Waals surface area contributed by atoms with Crippen LogP contribution in [0.3, 0.4) is 0 Å². The molecular formula is C16H22N4O2. The molecule has 0 aliphatic carbocycles. The Morgan fingerprint density at radius 2 is 2.14 bits per heavy atom. The van der Waals surface area contributed by atoms with Gasteiger partial charge in [-0.1, -0.05) is 5.16 Å². The second-order valence-corrected chi connectivity index (χ2v) is 6.10. The van der Waals surface area contributed by atoms with Crippen LogP contribution in [0.5, 0.6) is 0 Å². The lowest BCUT2D eigenvalue weighted by Crippen LogP contribution is -2.36. The predicted octanol–water partition coefficient (Wildman–Crippen LogP) is 2.72. The second kappa shape index (κ2) is 5.59. The summed E-state index contributed by atoms with van der Waals surface area (Å²) in [6, 6.07) is 3.63. The van der Waals surface area contributed by atoms with Gasteiger partial charge in [0.1, 0.15) is 17.5 Å². The first kappa shape index (κ1) is 14.8. The predicted molar refractivity (Wildman–Crippen MR) is 81.3 cm³/mol. The van der Waals surface area contributed by atoms with Gasteiger partial charge in [-0.05, 0) is 46.6 Å². The first-order chi connectivity index (χ1) is 10.5. The van der Waals surface area contributed by atoms with Gasteiger partial charge in [0.2, 0.25) is 5.91 Å². The van der Waals surface area contributed by atoms with E-state index in [2.05, 4.69) is 10.3 Å². The highest BCUT2D eigenvalue weighted by atomic mass is 16.5. The van der Waals surface area contributed by atoms with E-state index < -0.39 is 0 Å². The Labute approximate surface area is 130 Å². The number of hydrogen-bond donors (Lipinski definition) is 0. The molecule has 0 saturated carbocycles. The van der Waals surface area contributed by atoms with Gasteiger partial charge in [-0.25, -0.2) is 0 Å². The molecule has 0 spiro atoms.